The molecule has 3 aromatic carbocycles. The number of ether oxygens (including phenoxy) is 3. The minimum atomic E-state index is 0.283. The van der Waals surface area contributed by atoms with Gasteiger partial charge in [-0.2, -0.15) is 5.26 Å². The van der Waals surface area contributed by atoms with Crippen molar-refractivity contribution in [1.82, 2.24) is 0 Å². The van der Waals surface area contributed by atoms with E-state index < -0.39 is 0 Å². The van der Waals surface area contributed by atoms with Gasteiger partial charge in [-0.25, -0.2) is 0 Å². The first kappa shape index (κ1) is 18.6. The predicted molar refractivity (Wildman–Crippen MR) is 106 cm³/mol. The number of benzene rings is 3. The Morgan fingerprint density at radius 2 is 1.59 bits per heavy atom. The molecule has 0 saturated heterocycles. The SMILES string of the molecule is COc1cc(C#N)cc(Cl)c1OCCOc1ccccc1-c1ccccc1. The number of halogens is 1. The summed E-state index contributed by atoms with van der Waals surface area (Å²) in [5.74, 6) is 1.60. The summed E-state index contributed by atoms with van der Waals surface area (Å²) in [4.78, 5) is 0. The first-order valence-corrected chi connectivity index (χ1v) is 8.78. The van der Waals surface area contributed by atoms with Gasteiger partial charge in [0.15, 0.2) is 11.5 Å². The number of hydrogen-bond donors (Lipinski definition) is 0. The summed E-state index contributed by atoms with van der Waals surface area (Å²) in [6.45, 7) is 0.619. The van der Waals surface area contributed by atoms with Crippen LogP contribution >= 0.6 is 11.6 Å². The number of hydrogen-bond acceptors (Lipinski definition) is 4. The third-order valence-corrected chi connectivity index (χ3v) is 4.20. The molecular formula is C22H18ClNO3. The molecule has 27 heavy (non-hydrogen) atoms. The van der Waals surface area contributed by atoms with Crippen LogP contribution in [0.4, 0.5) is 0 Å². The third kappa shape index (κ3) is 4.52. The van der Waals surface area contributed by atoms with Crippen LogP contribution in [-0.4, -0.2) is 20.3 Å². The van der Waals surface area contributed by atoms with Crippen molar-refractivity contribution in [3.8, 4) is 34.4 Å². The number of nitrogens with zero attached hydrogens (tertiary/aromatic N) is 1. The zero-order valence-electron chi connectivity index (χ0n) is 14.8. The van der Waals surface area contributed by atoms with E-state index in [0.717, 1.165) is 16.9 Å². The van der Waals surface area contributed by atoms with E-state index in [1.807, 2.05) is 60.7 Å². The molecule has 0 fully saturated rings. The van der Waals surface area contributed by atoms with Gasteiger partial charge in [0, 0.05) is 11.6 Å². The van der Waals surface area contributed by atoms with Crippen LogP contribution in [0.5, 0.6) is 17.2 Å². The molecule has 5 heteroatoms. The highest BCUT2D eigenvalue weighted by Gasteiger charge is 2.12. The lowest BCUT2D eigenvalue weighted by molar-refractivity contribution is 0.212. The molecule has 0 aromatic heterocycles. The quantitative estimate of drug-likeness (QED) is 0.519. The van der Waals surface area contributed by atoms with E-state index in [9.17, 15) is 0 Å². The second-order valence-electron chi connectivity index (χ2n) is 5.66. The summed E-state index contributed by atoms with van der Waals surface area (Å²) in [6.07, 6.45) is 0. The molecule has 0 aliphatic heterocycles. The molecule has 136 valence electrons. The predicted octanol–water partition coefficient (Wildman–Crippen LogP) is 5.35. The van der Waals surface area contributed by atoms with Crippen LogP contribution in [0.3, 0.4) is 0 Å². The van der Waals surface area contributed by atoms with Gasteiger partial charge < -0.3 is 14.2 Å². The van der Waals surface area contributed by atoms with Crippen molar-refractivity contribution in [2.75, 3.05) is 20.3 Å². The van der Waals surface area contributed by atoms with Crippen molar-refractivity contribution in [1.29, 1.82) is 5.26 Å². The Morgan fingerprint density at radius 1 is 0.889 bits per heavy atom. The average molecular weight is 380 g/mol. The zero-order valence-corrected chi connectivity index (χ0v) is 15.6. The molecule has 0 aliphatic carbocycles. The second kappa shape index (κ2) is 8.98. The molecule has 3 rings (SSSR count). The Labute approximate surface area is 163 Å². The maximum Gasteiger partial charge on any atom is 0.179 e. The summed E-state index contributed by atoms with van der Waals surface area (Å²) < 4.78 is 16.9. The lowest BCUT2D eigenvalue weighted by Crippen LogP contribution is -2.10. The van der Waals surface area contributed by atoms with Gasteiger partial charge in [0.1, 0.15) is 19.0 Å². The van der Waals surface area contributed by atoms with Gasteiger partial charge in [-0.15, -0.1) is 0 Å². The summed E-state index contributed by atoms with van der Waals surface area (Å²) in [6, 6.07) is 23.1. The normalized spacial score (nSPS) is 10.1. The molecule has 0 spiro atoms. The largest absolute Gasteiger partial charge is 0.493 e. The van der Waals surface area contributed by atoms with Gasteiger partial charge in [-0.1, -0.05) is 60.1 Å². The van der Waals surface area contributed by atoms with Crippen molar-refractivity contribution in [3.63, 3.8) is 0 Å². The molecule has 0 saturated carbocycles. The van der Waals surface area contributed by atoms with Crippen LogP contribution in [0, 0.1) is 11.3 Å². The van der Waals surface area contributed by atoms with E-state index in [1.54, 1.807) is 12.1 Å². The van der Waals surface area contributed by atoms with Crippen molar-refractivity contribution in [2.24, 2.45) is 0 Å². The van der Waals surface area contributed by atoms with Crippen LogP contribution in [0.15, 0.2) is 66.7 Å². The number of methoxy groups -OCH3 is 1. The molecule has 0 bridgehead atoms. The van der Waals surface area contributed by atoms with Crippen molar-refractivity contribution >= 4 is 11.6 Å². The second-order valence-corrected chi connectivity index (χ2v) is 6.07. The molecule has 0 amide bonds. The molecule has 0 unspecified atom stereocenters. The Bertz CT molecular complexity index is 952. The average Bonchev–Trinajstić information content (AvgIpc) is 2.72. The van der Waals surface area contributed by atoms with Crippen molar-refractivity contribution in [3.05, 3.63) is 77.3 Å². The molecule has 4 nitrogen and oxygen atoms in total. The summed E-state index contributed by atoms with van der Waals surface area (Å²) >= 11 is 6.20. The van der Waals surface area contributed by atoms with Crippen LogP contribution in [0.2, 0.25) is 5.02 Å². The minimum Gasteiger partial charge on any atom is -0.493 e. The highest BCUT2D eigenvalue weighted by Crippen LogP contribution is 2.36. The summed E-state index contributed by atoms with van der Waals surface area (Å²) in [5, 5.41) is 9.34. The van der Waals surface area contributed by atoms with E-state index >= 15 is 0 Å². The lowest BCUT2D eigenvalue weighted by atomic mass is 10.1. The summed E-state index contributed by atoms with van der Waals surface area (Å²) in [7, 11) is 1.51. The van der Waals surface area contributed by atoms with E-state index in [2.05, 4.69) is 0 Å². The topological polar surface area (TPSA) is 51.5 Å². The van der Waals surface area contributed by atoms with E-state index in [1.165, 1.54) is 7.11 Å². The van der Waals surface area contributed by atoms with E-state index in [-0.39, 0.29) is 6.61 Å². The van der Waals surface area contributed by atoms with Gasteiger partial charge in [0.05, 0.1) is 23.8 Å². The van der Waals surface area contributed by atoms with Gasteiger partial charge >= 0.3 is 0 Å². The smallest absolute Gasteiger partial charge is 0.179 e. The third-order valence-electron chi connectivity index (χ3n) is 3.92. The maximum atomic E-state index is 9.01. The number of nitriles is 1. The van der Waals surface area contributed by atoms with Crippen LogP contribution < -0.4 is 14.2 Å². The maximum absolute atomic E-state index is 9.01. The first-order valence-electron chi connectivity index (χ1n) is 8.40. The van der Waals surface area contributed by atoms with Crippen LogP contribution in [-0.2, 0) is 0 Å². The minimum absolute atomic E-state index is 0.283. The molecular weight excluding hydrogens is 362 g/mol. The molecule has 0 radical (unpaired) electrons. The van der Waals surface area contributed by atoms with Crippen molar-refractivity contribution in [2.45, 2.75) is 0 Å². The fraction of sp³-hybridized carbons (Fsp3) is 0.136. The molecule has 0 aliphatic rings. The van der Waals surface area contributed by atoms with Gasteiger partial charge in [-0.05, 0) is 17.7 Å². The fourth-order valence-electron chi connectivity index (χ4n) is 2.67. The Hall–Kier alpha value is -3.16. The highest BCUT2D eigenvalue weighted by molar-refractivity contribution is 6.32. The molecule has 0 heterocycles. The fourth-order valence-corrected chi connectivity index (χ4v) is 2.93. The Kier molecular flexibility index (Phi) is 6.19. The van der Waals surface area contributed by atoms with Gasteiger partial charge in [0.2, 0.25) is 0 Å². The monoisotopic (exact) mass is 379 g/mol. The lowest BCUT2D eigenvalue weighted by Gasteiger charge is -2.14. The molecule has 0 atom stereocenters. The van der Waals surface area contributed by atoms with Gasteiger partial charge in [0.25, 0.3) is 0 Å². The number of para-hydroxylation sites is 1. The van der Waals surface area contributed by atoms with Crippen molar-refractivity contribution < 1.29 is 14.2 Å². The van der Waals surface area contributed by atoms with Crippen LogP contribution in [0.25, 0.3) is 11.1 Å². The zero-order chi connectivity index (χ0) is 19.1. The summed E-state index contributed by atoms with van der Waals surface area (Å²) in [5.41, 5.74) is 2.52. The molecule has 3 aromatic rings. The standard InChI is InChI=1S/C22H18ClNO3/c1-25-21-14-16(15-24)13-19(23)22(21)27-12-11-26-20-10-6-5-9-18(20)17-7-3-2-4-8-17/h2-10,13-14H,11-12H2,1H3. The van der Waals surface area contributed by atoms with Crippen LogP contribution in [0.1, 0.15) is 5.56 Å². The van der Waals surface area contributed by atoms with E-state index in [4.69, 9.17) is 31.1 Å². The Morgan fingerprint density at radius 3 is 2.33 bits per heavy atom. The van der Waals surface area contributed by atoms with E-state index in [0.29, 0.717) is 28.7 Å². The highest BCUT2D eigenvalue weighted by atomic mass is 35.5. The molecule has 0 N–H and O–H groups in total. The Balaban J connectivity index is 1.66. The number of rotatable bonds is 7. The van der Waals surface area contributed by atoms with Gasteiger partial charge in [-0.3, -0.25) is 0 Å². The first-order chi connectivity index (χ1) is 13.2.